The molecule has 1 aliphatic rings. The molecule has 0 bridgehead atoms. The summed E-state index contributed by atoms with van der Waals surface area (Å²) in [4.78, 5) is 23.4. The van der Waals surface area contributed by atoms with Crippen molar-refractivity contribution in [3.63, 3.8) is 0 Å². The lowest BCUT2D eigenvalue weighted by molar-refractivity contribution is -0.165. The van der Waals surface area contributed by atoms with Gasteiger partial charge in [0.15, 0.2) is 0 Å². The number of ether oxygens (including phenoxy) is 2. The van der Waals surface area contributed by atoms with Crippen LogP contribution in [0.1, 0.15) is 78.6 Å². The molecule has 4 heteroatoms. The van der Waals surface area contributed by atoms with Gasteiger partial charge in [0, 0.05) is 6.42 Å². The van der Waals surface area contributed by atoms with Crippen molar-refractivity contribution < 1.29 is 19.1 Å². The number of hydrogen-bond acceptors (Lipinski definition) is 4. The summed E-state index contributed by atoms with van der Waals surface area (Å²) < 4.78 is 10.9. The predicted molar refractivity (Wildman–Crippen MR) is 81.8 cm³/mol. The molecule has 0 aromatic carbocycles. The maximum absolute atomic E-state index is 11.9. The van der Waals surface area contributed by atoms with Gasteiger partial charge in [-0.1, -0.05) is 27.2 Å². The molecule has 0 aromatic rings. The highest BCUT2D eigenvalue weighted by Crippen LogP contribution is 2.34. The van der Waals surface area contributed by atoms with Crippen molar-refractivity contribution in [2.75, 3.05) is 6.61 Å². The lowest BCUT2D eigenvalue weighted by Gasteiger charge is -2.36. The van der Waals surface area contributed by atoms with Crippen molar-refractivity contribution in [1.29, 1.82) is 0 Å². The highest BCUT2D eigenvalue weighted by atomic mass is 16.6. The monoisotopic (exact) mass is 298 g/mol. The fourth-order valence-electron chi connectivity index (χ4n) is 2.71. The van der Waals surface area contributed by atoms with Crippen molar-refractivity contribution in [3.8, 4) is 0 Å². The van der Waals surface area contributed by atoms with Gasteiger partial charge >= 0.3 is 11.9 Å². The van der Waals surface area contributed by atoms with E-state index in [1.165, 1.54) is 6.42 Å². The van der Waals surface area contributed by atoms with Crippen LogP contribution in [-0.2, 0) is 19.1 Å². The zero-order valence-electron chi connectivity index (χ0n) is 13.8. The molecule has 0 aliphatic heterocycles. The molecule has 21 heavy (non-hydrogen) atoms. The van der Waals surface area contributed by atoms with Crippen LogP contribution in [0.4, 0.5) is 0 Å². The Morgan fingerprint density at radius 1 is 1.14 bits per heavy atom. The Balaban J connectivity index is 2.23. The molecule has 1 rings (SSSR count). The summed E-state index contributed by atoms with van der Waals surface area (Å²) in [5, 5.41) is 0. The average molecular weight is 298 g/mol. The molecule has 0 radical (unpaired) electrons. The van der Waals surface area contributed by atoms with E-state index < -0.39 is 0 Å². The van der Waals surface area contributed by atoms with Crippen LogP contribution in [-0.4, -0.2) is 24.1 Å². The summed E-state index contributed by atoms with van der Waals surface area (Å²) in [6.07, 6.45) is 8.04. The summed E-state index contributed by atoms with van der Waals surface area (Å²) in [6, 6.07) is 0. The van der Waals surface area contributed by atoms with Gasteiger partial charge in [0.25, 0.3) is 0 Å². The lowest BCUT2D eigenvalue weighted by atomic mass is 9.83. The van der Waals surface area contributed by atoms with Gasteiger partial charge in [-0.2, -0.15) is 0 Å². The first-order chi connectivity index (χ1) is 10.0. The van der Waals surface area contributed by atoms with Gasteiger partial charge < -0.3 is 9.47 Å². The van der Waals surface area contributed by atoms with Crippen LogP contribution in [0.2, 0.25) is 0 Å². The molecule has 0 spiro atoms. The number of esters is 2. The first-order valence-corrected chi connectivity index (χ1v) is 8.41. The molecule has 1 fully saturated rings. The SMILES string of the molecule is CCC(C)C(=O)OCCCC(=O)OC1(CC)CCCCC1. The summed E-state index contributed by atoms with van der Waals surface area (Å²) in [7, 11) is 0. The van der Waals surface area contributed by atoms with E-state index in [-0.39, 0.29) is 23.5 Å². The third-order valence-corrected chi connectivity index (χ3v) is 4.52. The number of carbonyl (C=O) groups excluding carboxylic acids is 2. The van der Waals surface area contributed by atoms with Gasteiger partial charge in [-0.05, 0) is 44.9 Å². The van der Waals surface area contributed by atoms with Crippen molar-refractivity contribution in [2.24, 2.45) is 5.92 Å². The standard InChI is InChI=1S/C17H30O4/c1-4-14(3)16(19)20-13-9-10-15(18)21-17(5-2)11-7-6-8-12-17/h14H,4-13H2,1-3H3. The lowest BCUT2D eigenvalue weighted by Crippen LogP contribution is -2.36. The fraction of sp³-hybridized carbons (Fsp3) is 0.882. The second-order valence-corrected chi connectivity index (χ2v) is 6.15. The minimum absolute atomic E-state index is 0.0671. The van der Waals surface area contributed by atoms with Gasteiger partial charge in [0.1, 0.15) is 5.60 Å². The zero-order chi connectivity index (χ0) is 15.7. The molecule has 122 valence electrons. The van der Waals surface area contributed by atoms with Crippen LogP contribution in [0.5, 0.6) is 0 Å². The molecular formula is C17H30O4. The normalized spacial score (nSPS) is 18.8. The molecule has 0 heterocycles. The van der Waals surface area contributed by atoms with E-state index in [9.17, 15) is 9.59 Å². The Kier molecular flexibility index (Phi) is 7.76. The van der Waals surface area contributed by atoms with Crippen molar-refractivity contribution in [2.45, 2.75) is 84.2 Å². The van der Waals surface area contributed by atoms with E-state index in [1.807, 2.05) is 13.8 Å². The van der Waals surface area contributed by atoms with Gasteiger partial charge in [-0.25, -0.2) is 0 Å². The van der Waals surface area contributed by atoms with E-state index in [2.05, 4.69) is 6.92 Å². The van der Waals surface area contributed by atoms with Crippen molar-refractivity contribution in [1.82, 2.24) is 0 Å². The van der Waals surface area contributed by atoms with Crippen LogP contribution < -0.4 is 0 Å². The van der Waals surface area contributed by atoms with E-state index in [0.29, 0.717) is 19.4 Å². The molecule has 4 nitrogen and oxygen atoms in total. The quantitative estimate of drug-likeness (QED) is 0.502. The Labute approximate surface area is 128 Å². The smallest absolute Gasteiger partial charge is 0.308 e. The predicted octanol–water partition coefficient (Wildman–Crippen LogP) is 4.01. The molecule has 1 atom stereocenters. The summed E-state index contributed by atoms with van der Waals surface area (Å²) in [5.74, 6) is -0.399. The van der Waals surface area contributed by atoms with Crippen LogP contribution in [0.25, 0.3) is 0 Å². The van der Waals surface area contributed by atoms with E-state index >= 15 is 0 Å². The van der Waals surface area contributed by atoms with Gasteiger partial charge in [0.2, 0.25) is 0 Å². The van der Waals surface area contributed by atoms with Crippen LogP contribution in [0.3, 0.4) is 0 Å². The Bertz CT molecular complexity index is 332. The largest absolute Gasteiger partial charge is 0.465 e. The summed E-state index contributed by atoms with van der Waals surface area (Å²) in [6.45, 7) is 6.20. The number of rotatable bonds is 8. The molecule has 1 aliphatic carbocycles. The van der Waals surface area contributed by atoms with Gasteiger partial charge in [0.05, 0.1) is 12.5 Å². The van der Waals surface area contributed by atoms with Crippen LogP contribution in [0.15, 0.2) is 0 Å². The van der Waals surface area contributed by atoms with E-state index in [0.717, 1.165) is 38.5 Å². The average Bonchev–Trinajstić information content (AvgIpc) is 2.51. The maximum Gasteiger partial charge on any atom is 0.308 e. The molecule has 1 saturated carbocycles. The van der Waals surface area contributed by atoms with Crippen LogP contribution in [0, 0.1) is 5.92 Å². The van der Waals surface area contributed by atoms with Crippen molar-refractivity contribution >= 4 is 11.9 Å². The Morgan fingerprint density at radius 2 is 1.81 bits per heavy atom. The summed E-state index contributed by atoms with van der Waals surface area (Å²) in [5.41, 5.74) is -0.233. The Hall–Kier alpha value is -1.06. The zero-order valence-corrected chi connectivity index (χ0v) is 13.8. The molecule has 1 unspecified atom stereocenters. The second kappa shape index (κ2) is 9.06. The molecule has 0 aromatic heterocycles. The molecule has 0 saturated heterocycles. The van der Waals surface area contributed by atoms with E-state index in [1.54, 1.807) is 0 Å². The first kappa shape index (κ1) is 18.0. The van der Waals surface area contributed by atoms with Crippen LogP contribution >= 0.6 is 0 Å². The van der Waals surface area contributed by atoms with Gasteiger partial charge in [-0.15, -0.1) is 0 Å². The maximum atomic E-state index is 11.9. The minimum Gasteiger partial charge on any atom is -0.465 e. The first-order valence-electron chi connectivity index (χ1n) is 8.41. The number of hydrogen-bond donors (Lipinski definition) is 0. The van der Waals surface area contributed by atoms with E-state index in [4.69, 9.17) is 9.47 Å². The third kappa shape index (κ3) is 6.06. The number of carbonyl (C=O) groups is 2. The highest BCUT2D eigenvalue weighted by Gasteiger charge is 2.33. The Morgan fingerprint density at radius 3 is 2.38 bits per heavy atom. The molecule has 0 amide bonds. The summed E-state index contributed by atoms with van der Waals surface area (Å²) >= 11 is 0. The topological polar surface area (TPSA) is 52.6 Å². The van der Waals surface area contributed by atoms with Gasteiger partial charge in [-0.3, -0.25) is 9.59 Å². The minimum atomic E-state index is -0.233. The molecular weight excluding hydrogens is 268 g/mol. The van der Waals surface area contributed by atoms with Crippen molar-refractivity contribution in [3.05, 3.63) is 0 Å². The molecule has 0 N–H and O–H groups in total. The fourth-order valence-corrected chi connectivity index (χ4v) is 2.71. The second-order valence-electron chi connectivity index (χ2n) is 6.15. The third-order valence-electron chi connectivity index (χ3n) is 4.52. The highest BCUT2D eigenvalue weighted by molar-refractivity contribution is 5.72.